The van der Waals surface area contributed by atoms with Gasteiger partial charge in [0.05, 0.1) is 21.4 Å². The van der Waals surface area contributed by atoms with E-state index >= 15 is 0 Å². The molecular weight excluding hydrogens is 424 g/mol. The van der Waals surface area contributed by atoms with Crippen molar-refractivity contribution in [1.29, 1.82) is 0 Å². The van der Waals surface area contributed by atoms with Crippen molar-refractivity contribution in [3.8, 4) is 0 Å². The number of thiophene rings is 1. The minimum absolute atomic E-state index is 0.0721. The predicted octanol–water partition coefficient (Wildman–Crippen LogP) is 4.57. The second-order valence-corrected chi connectivity index (χ2v) is 9.35. The quantitative estimate of drug-likeness (QED) is 0.579. The van der Waals surface area contributed by atoms with Crippen molar-refractivity contribution in [3.05, 3.63) is 57.5 Å². The zero-order valence-electron chi connectivity index (χ0n) is 16.2. The van der Waals surface area contributed by atoms with Crippen molar-refractivity contribution in [3.63, 3.8) is 0 Å². The monoisotopic (exact) mass is 442 g/mol. The van der Waals surface area contributed by atoms with Gasteiger partial charge >= 0.3 is 5.97 Å². The number of aromatic nitrogens is 1. The van der Waals surface area contributed by atoms with E-state index in [1.807, 2.05) is 31.4 Å². The van der Waals surface area contributed by atoms with E-state index in [0.717, 1.165) is 16.2 Å². The lowest BCUT2D eigenvalue weighted by molar-refractivity contribution is -0.118. The number of rotatable bonds is 6. The number of anilines is 1. The number of aliphatic hydroxyl groups excluding tert-OH is 1. The van der Waals surface area contributed by atoms with Crippen LogP contribution >= 0.6 is 22.7 Å². The Morgan fingerprint density at radius 1 is 1.27 bits per heavy atom. The number of fused-ring (bicyclic) bond motifs is 1. The molecule has 1 aliphatic heterocycles. The molecule has 0 fully saturated rings. The Morgan fingerprint density at radius 2 is 2.03 bits per heavy atom. The molecule has 3 aromatic rings. The van der Waals surface area contributed by atoms with Crippen LogP contribution in [0.3, 0.4) is 0 Å². The number of carboxylic acids is 1. The normalized spacial score (nSPS) is 16.8. The highest BCUT2D eigenvalue weighted by Crippen LogP contribution is 2.45. The molecule has 0 saturated heterocycles. The highest BCUT2D eigenvalue weighted by Gasteiger charge is 2.46. The first kappa shape index (κ1) is 20.2. The van der Waals surface area contributed by atoms with E-state index in [-0.39, 0.29) is 29.3 Å². The van der Waals surface area contributed by atoms with Crippen molar-refractivity contribution in [2.75, 3.05) is 4.90 Å². The molecular formula is C21H18N2O5S2. The molecule has 1 aliphatic rings. The van der Waals surface area contributed by atoms with Crippen LogP contribution in [0.1, 0.15) is 41.5 Å². The Kier molecular flexibility index (Phi) is 5.17. The van der Waals surface area contributed by atoms with Gasteiger partial charge in [0.15, 0.2) is 16.7 Å². The first-order chi connectivity index (χ1) is 14.3. The number of carbonyl (C=O) groups excluding carboxylic acids is 2. The lowest BCUT2D eigenvalue weighted by Gasteiger charge is -2.23. The zero-order valence-corrected chi connectivity index (χ0v) is 17.8. The van der Waals surface area contributed by atoms with Gasteiger partial charge < -0.3 is 10.2 Å². The molecule has 0 bridgehead atoms. The number of carboxylic acid groups (broad SMARTS) is 1. The number of aliphatic hydroxyl groups is 1. The van der Waals surface area contributed by atoms with Crippen LogP contribution < -0.4 is 4.90 Å². The lowest BCUT2D eigenvalue weighted by Crippen LogP contribution is -2.30. The molecule has 0 spiro atoms. The third kappa shape index (κ3) is 3.40. The topological polar surface area (TPSA) is 108 Å². The molecule has 7 nitrogen and oxygen atoms in total. The maximum atomic E-state index is 13.0. The van der Waals surface area contributed by atoms with E-state index in [1.54, 1.807) is 6.07 Å². The molecule has 9 heteroatoms. The average molecular weight is 443 g/mol. The maximum absolute atomic E-state index is 13.0. The van der Waals surface area contributed by atoms with Gasteiger partial charge in [0.1, 0.15) is 6.04 Å². The van der Waals surface area contributed by atoms with E-state index < -0.39 is 23.7 Å². The largest absolute Gasteiger partial charge is 0.503 e. The number of hydrogen-bond donors (Lipinski definition) is 2. The first-order valence-corrected chi connectivity index (χ1v) is 10.9. The van der Waals surface area contributed by atoms with Gasteiger partial charge in [0.2, 0.25) is 0 Å². The Morgan fingerprint density at radius 3 is 2.67 bits per heavy atom. The van der Waals surface area contributed by atoms with Gasteiger partial charge in [-0.2, -0.15) is 0 Å². The summed E-state index contributed by atoms with van der Waals surface area (Å²) in [6.07, 6.45) is 0.213. The van der Waals surface area contributed by atoms with E-state index in [0.29, 0.717) is 15.3 Å². The number of ketones is 1. The molecule has 0 saturated carbocycles. The summed E-state index contributed by atoms with van der Waals surface area (Å²) in [6.45, 7) is 3.80. The van der Waals surface area contributed by atoms with E-state index in [9.17, 15) is 24.6 Å². The fourth-order valence-corrected chi connectivity index (χ4v) is 5.29. The van der Waals surface area contributed by atoms with Crippen molar-refractivity contribution in [1.82, 2.24) is 4.98 Å². The van der Waals surface area contributed by atoms with Crippen LogP contribution in [-0.4, -0.2) is 32.9 Å². The molecule has 2 aromatic heterocycles. The zero-order chi connectivity index (χ0) is 21.6. The Balaban J connectivity index is 1.83. The average Bonchev–Trinajstić information content (AvgIpc) is 3.39. The summed E-state index contributed by atoms with van der Waals surface area (Å²) in [5.74, 6) is -2.49. The van der Waals surface area contributed by atoms with Gasteiger partial charge in [-0.15, -0.1) is 11.3 Å². The van der Waals surface area contributed by atoms with Crippen LogP contribution in [0.2, 0.25) is 0 Å². The predicted molar refractivity (Wildman–Crippen MR) is 115 cm³/mol. The van der Waals surface area contributed by atoms with Crippen LogP contribution in [0.5, 0.6) is 0 Å². The van der Waals surface area contributed by atoms with Gasteiger partial charge in [0, 0.05) is 11.3 Å². The molecule has 1 aromatic carbocycles. The van der Waals surface area contributed by atoms with Crippen LogP contribution in [0.25, 0.3) is 10.2 Å². The molecule has 3 heterocycles. The standard InChI is InChI=1S/C21H18N2O5S2/c1-10(2)8-13(24)16-17(14-4-3-7-29-14)23(19(26)18(16)25)21-22-12-6-5-11(20(27)28)9-15(12)30-21/h3-7,9-10,17,25H,8H2,1-2H3,(H,27,28). The molecule has 2 N–H and O–H groups in total. The Labute approximate surface area is 179 Å². The fourth-order valence-electron chi connectivity index (χ4n) is 3.43. The van der Waals surface area contributed by atoms with Gasteiger partial charge in [-0.05, 0) is 35.6 Å². The fraction of sp³-hybridized carbons (Fsp3) is 0.238. The summed E-state index contributed by atoms with van der Waals surface area (Å²) in [6, 6.07) is 7.40. The van der Waals surface area contributed by atoms with Crippen molar-refractivity contribution < 1.29 is 24.6 Å². The first-order valence-electron chi connectivity index (χ1n) is 9.25. The molecule has 1 unspecified atom stereocenters. The highest BCUT2D eigenvalue weighted by atomic mass is 32.1. The van der Waals surface area contributed by atoms with Crippen LogP contribution in [0.4, 0.5) is 5.13 Å². The Hall–Kier alpha value is -3.04. The number of carbonyl (C=O) groups is 3. The van der Waals surface area contributed by atoms with E-state index in [4.69, 9.17) is 0 Å². The second kappa shape index (κ2) is 7.66. The van der Waals surface area contributed by atoms with E-state index in [2.05, 4.69) is 4.98 Å². The molecule has 30 heavy (non-hydrogen) atoms. The Bertz CT molecular complexity index is 1190. The minimum Gasteiger partial charge on any atom is -0.503 e. The van der Waals surface area contributed by atoms with Crippen molar-refractivity contribution >= 4 is 55.7 Å². The summed E-state index contributed by atoms with van der Waals surface area (Å²) in [5, 5.41) is 22.0. The highest BCUT2D eigenvalue weighted by molar-refractivity contribution is 7.22. The van der Waals surface area contributed by atoms with Gasteiger partial charge in [-0.25, -0.2) is 9.78 Å². The number of amides is 1. The number of aromatic carboxylic acids is 1. The summed E-state index contributed by atoms with van der Waals surface area (Å²) < 4.78 is 0.601. The van der Waals surface area contributed by atoms with Gasteiger partial charge in [-0.3, -0.25) is 14.5 Å². The lowest BCUT2D eigenvalue weighted by atomic mass is 9.96. The van der Waals surface area contributed by atoms with Crippen LogP contribution in [-0.2, 0) is 9.59 Å². The van der Waals surface area contributed by atoms with Gasteiger partial charge in [0.25, 0.3) is 5.91 Å². The molecule has 1 amide bonds. The minimum atomic E-state index is -1.05. The summed E-state index contributed by atoms with van der Waals surface area (Å²) in [4.78, 5) is 43.7. The number of thiazole rings is 1. The maximum Gasteiger partial charge on any atom is 0.335 e. The molecule has 0 radical (unpaired) electrons. The molecule has 1 atom stereocenters. The number of nitrogens with zero attached hydrogens (tertiary/aromatic N) is 2. The van der Waals surface area contributed by atoms with Gasteiger partial charge in [-0.1, -0.05) is 31.3 Å². The summed E-state index contributed by atoms with van der Waals surface area (Å²) in [7, 11) is 0. The number of Topliss-reactive ketones (excluding diaryl/α,β-unsaturated/α-hetero) is 1. The summed E-state index contributed by atoms with van der Waals surface area (Å²) in [5.41, 5.74) is 0.745. The second-order valence-electron chi connectivity index (χ2n) is 7.36. The number of benzene rings is 1. The molecule has 154 valence electrons. The van der Waals surface area contributed by atoms with Crippen LogP contribution in [0, 0.1) is 5.92 Å². The summed E-state index contributed by atoms with van der Waals surface area (Å²) >= 11 is 2.53. The third-order valence-electron chi connectivity index (χ3n) is 4.75. The molecule has 4 rings (SSSR count). The van der Waals surface area contributed by atoms with Crippen molar-refractivity contribution in [2.45, 2.75) is 26.3 Å². The third-order valence-corrected chi connectivity index (χ3v) is 6.69. The van der Waals surface area contributed by atoms with Crippen molar-refractivity contribution in [2.24, 2.45) is 5.92 Å². The molecule has 0 aliphatic carbocycles. The number of hydrogen-bond acceptors (Lipinski definition) is 7. The smallest absolute Gasteiger partial charge is 0.335 e. The van der Waals surface area contributed by atoms with E-state index in [1.165, 1.54) is 28.4 Å². The van der Waals surface area contributed by atoms with Crippen LogP contribution in [0.15, 0.2) is 47.0 Å². The SMILES string of the molecule is CC(C)CC(=O)C1=C(O)C(=O)N(c2nc3ccc(C(=O)O)cc3s2)C1c1cccs1.